The second-order valence-corrected chi connectivity index (χ2v) is 6.73. The number of aliphatic imine (C=N–C) groups is 1. The van der Waals surface area contributed by atoms with E-state index in [1.807, 2.05) is 36.4 Å². The van der Waals surface area contributed by atoms with Crippen LogP contribution in [-0.2, 0) is 0 Å². The second-order valence-electron chi connectivity index (χ2n) is 5.47. The summed E-state index contributed by atoms with van der Waals surface area (Å²) in [4.78, 5) is 31.2. The minimum Gasteiger partial charge on any atom is -0.292 e. The summed E-state index contributed by atoms with van der Waals surface area (Å²) < 4.78 is -1.25. The topological polar surface area (TPSA) is 46.5 Å². The molecule has 2 aromatic carbocycles. The normalized spacial score (nSPS) is 20.2. The van der Waals surface area contributed by atoms with E-state index in [1.165, 1.54) is 11.8 Å². The van der Waals surface area contributed by atoms with Crippen molar-refractivity contribution in [1.82, 2.24) is 0 Å². The van der Waals surface area contributed by atoms with E-state index in [4.69, 9.17) is 0 Å². The smallest absolute Gasteiger partial charge is 0.193 e. The zero-order valence-electron chi connectivity index (χ0n) is 12.4. The fraction of sp³-hybridized carbons (Fsp3) is 0.105. The maximum absolute atomic E-state index is 13.0. The average Bonchev–Trinajstić information content (AvgIpc) is 3.10. The van der Waals surface area contributed by atoms with Crippen molar-refractivity contribution in [3.8, 4) is 0 Å². The van der Waals surface area contributed by atoms with E-state index in [0.717, 1.165) is 10.5 Å². The van der Waals surface area contributed by atoms with Crippen molar-refractivity contribution in [2.24, 2.45) is 4.99 Å². The van der Waals surface area contributed by atoms with Gasteiger partial charge in [-0.25, -0.2) is 0 Å². The molecule has 0 unspecified atom stereocenters. The summed E-state index contributed by atoms with van der Waals surface area (Å²) in [6.45, 7) is 0. The molecule has 0 N–H and O–H groups in total. The van der Waals surface area contributed by atoms with Crippen molar-refractivity contribution in [3.63, 3.8) is 0 Å². The third-order valence-electron chi connectivity index (χ3n) is 4.25. The third-order valence-corrected chi connectivity index (χ3v) is 5.71. The maximum atomic E-state index is 13.0. The Kier molecular flexibility index (Phi) is 3.10. The summed E-state index contributed by atoms with van der Waals surface area (Å²) in [5.74, 6) is -0.322. The maximum Gasteiger partial charge on any atom is 0.193 e. The number of ketones is 2. The number of Topliss-reactive ketones (excluding diaryl/α,β-unsaturated/α-hetero) is 2. The van der Waals surface area contributed by atoms with Crippen LogP contribution in [0.25, 0.3) is 4.91 Å². The molecule has 1 aliphatic heterocycles. The number of benzene rings is 2. The largest absolute Gasteiger partial charge is 0.292 e. The van der Waals surface area contributed by atoms with Gasteiger partial charge in [-0.2, -0.15) is 0 Å². The Morgan fingerprint density at radius 1 is 0.870 bits per heavy atom. The second kappa shape index (κ2) is 5.03. The first kappa shape index (κ1) is 14.2. The highest BCUT2D eigenvalue weighted by Gasteiger charge is 2.59. The molecule has 1 aliphatic carbocycles. The number of rotatable bonds is 1. The molecule has 0 saturated heterocycles. The molecule has 23 heavy (non-hydrogen) atoms. The van der Waals surface area contributed by atoms with Crippen LogP contribution in [0.3, 0.4) is 0 Å². The van der Waals surface area contributed by atoms with Gasteiger partial charge >= 0.3 is 0 Å². The Labute approximate surface area is 138 Å². The van der Waals surface area contributed by atoms with Gasteiger partial charge in [0.2, 0.25) is 0 Å². The molecule has 0 aromatic heterocycles. The van der Waals surface area contributed by atoms with E-state index in [1.54, 1.807) is 31.3 Å². The Morgan fingerprint density at radius 3 is 2.00 bits per heavy atom. The SMILES string of the molecule is CN=C1C=C(c2ccccc2)SC12C(=O)c1ccccc1C2=O. The number of fused-ring (bicyclic) bond motifs is 1. The average molecular weight is 319 g/mol. The summed E-state index contributed by atoms with van der Waals surface area (Å²) in [6.07, 6.45) is 1.86. The molecule has 0 bridgehead atoms. The molecule has 0 amide bonds. The number of carbonyl (C=O) groups is 2. The predicted octanol–water partition coefficient (Wildman–Crippen LogP) is 3.66. The van der Waals surface area contributed by atoms with Crippen molar-refractivity contribution in [2.75, 3.05) is 7.05 Å². The van der Waals surface area contributed by atoms with Crippen LogP contribution in [0.4, 0.5) is 0 Å². The highest BCUT2D eigenvalue weighted by molar-refractivity contribution is 8.12. The lowest BCUT2D eigenvalue weighted by Gasteiger charge is -2.20. The number of carbonyl (C=O) groups excluding carboxylic acids is 2. The first-order valence-electron chi connectivity index (χ1n) is 7.30. The van der Waals surface area contributed by atoms with Crippen molar-refractivity contribution in [2.45, 2.75) is 4.75 Å². The molecule has 0 atom stereocenters. The standard InChI is InChI=1S/C19H13NO2S/c1-20-16-11-15(12-7-3-2-4-8-12)23-19(16)17(21)13-9-5-6-10-14(13)18(19)22/h2-11H,1H3. The molecule has 2 aliphatic rings. The Morgan fingerprint density at radius 2 is 1.43 bits per heavy atom. The molecule has 0 radical (unpaired) electrons. The molecular weight excluding hydrogens is 306 g/mol. The van der Waals surface area contributed by atoms with Gasteiger partial charge < -0.3 is 0 Å². The van der Waals surface area contributed by atoms with Gasteiger partial charge in [0.1, 0.15) is 0 Å². The van der Waals surface area contributed by atoms with Crippen LogP contribution in [0.15, 0.2) is 65.7 Å². The molecule has 2 aromatic rings. The van der Waals surface area contributed by atoms with Gasteiger partial charge in [-0.3, -0.25) is 14.6 Å². The number of thioether (sulfide) groups is 1. The van der Waals surface area contributed by atoms with E-state index >= 15 is 0 Å². The van der Waals surface area contributed by atoms with Gasteiger partial charge in [0.05, 0.1) is 5.71 Å². The summed E-state index contributed by atoms with van der Waals surface area (Å²) in [5.41, 5.74) is 2.52. The summed E-state index contributed by atoms with van der Waals surface area (Å²) in [6, 6.07) is 16.8. The third kappa shape index (κ3) is 1.82. The summed E-state index contributed by atoms with van der Waals surface area (Å²) in [7, 11) is 1.63. The zero-order chi connectivity index (χ0) is 16.0. The predicted molar refractivity (Wildman–Crippen MR) is 93.2 cm³/mol. The highest BCUT2D eigenvalue weighted by Crippen LogP contribution is 2.51. The van der Waals surface area contributed by atoms with Crippen LogP contribution in [0.1, 0.15) is 26.3 Å². The molecule has 4 rings (SSSR count). The van der Waals surface area contributed by atoms with Crippen molar-refractivity contribution < 1.29 is 9.59 Å². The van der Waals surface area contributed by atoms with Gasteiger partial charge in [0, 0.05) is 23.1 Å². The number of hydrogen-bond acceptors (Lipinski definition) is 4. The molecule has 4 heteroatoms. The highest BCUT2D eigenvalue weighted by atomic mass is 32.2. The van der Waals surface area contributed by atoms with Gasteiger partial charge in [0.15, 0.2) is 16.3 Å². The minimum atomic E-state index is -1.25. The molecule has 3 nitrogen and oxygen atoms in total. The fourth-order valence-electron chi connectivity index (χ4n) is 3.13. The molecular formula is C19H13NO2S. The van der Waals surface area contributed by atoms with Crippen molar-refractivity contribution >= 4 is 33.9 Å². The molecule has 1 heterocycles. The van der Waals surface area contributed by atoms with Crippen LogP contribution in [0.5, 0.6) is 0 Å². The van der Waals surface area contributed by atoms with E-state index in [9.17, 15) is 9.59 Å². The molecule has 112 valence electrons. The lowest BCUT2D eigenvalue weighted by molar-refractivity contribution is 0.0906. The van der Waals surface area contributed by atoms with Gasteiger partial charge in [-0.05, 0) is 11.6 Å². The van der Waals surface area contributed by atoms with E-state index in [2.05, 4.69) is 4.99 Å². The van der Waals surface area contributed by atoms with Crippen LogP contribution < -0.4 is 0 Å². The number of nitrogens with zero attached hydrogens (tertiary/aromatic N) is 1. The lowest BCUT2D eigenvalue weighted by atomic mass is 9.95. The monoisotopic (exact) mass is 319 g/mol. The summed E-state index contributed by atoms with van der Waals surface area (Å²) >= 11 is 1.31. The fourth-order valence-corrected chi connectivity index (χ4v) is 4.54. The Hall–Kier alpha value is -2.46. The van der Waals surface area contributed by atoms with Crippen molar-refractivity contribution in [3.05, 3.63) is 77.4 Å². The van der Waals surface area contributed by atoms with Gasteiger partial charge in [-0.1, -0.05) is 66.4 Å². The van der Waals surface area contributed by atoms with Crippen LogP contribution >= 0.6 is 11.8 Å². The summed E-state index contributed by atoms with van der Waals surface area (Å²) in [5, 5.41) is 0. The molecule has 0 fully saturated rings. The van der Waals surface area contributed by atoms with E-state index in [0.29, 0.717) is 16.8 Å². The van der Waals surface area contributed by atoms with Crippen molar-refractivity contribution in [1.29, 1.82) is 0 Å². The number of allylic oxidation sites excluding steroid dienone is 1. The van der Waals surface area contributed by atoms with Gasteiger partial charge in [-0.15, -0.1) is 0 Å². The zero-order valence-corrected chi connectivity index (χ0v) is 13.3. The van der Waals surface area contributed by atoms with Crippen LogP contribution in [0.2, 0.25) is 0 Å². The van der Waals surface area contributed by atoms with Crippen LogP contribution in [0, 0.1) is 0 Å². The molecule has 1 spiro atoms. The minimum absolute atomic E-state index is 0.161. The first-order valence-corrected chi connectivity index (χ1v) is 8.12. The molecule has 0 saturated carbocycles. The Bertz CT molecular complexity index is 862. The lowest BCUT2D eigenvalue weighted by Crippen LogP contribution is -2.42. The van der Waals surface area contributed by atoms with Crippen LogP contribution in [-0.4, -0.2) is 29.1 Å². The first-order chi connectivity index (χ1) is 11.2. The van der Waals surface area contributed by atoms with E-state index < -0.39 is 4.75 Å². The van der Waals surface area contributed by atoms with Gasteiger partial charge in [0.25, 0.3) is 0 Å². The Balaban J connectivity index is 1.86. The number of hydrogen-bond donors (Lipinski definition) is 0. The quantitative estimate of drug-likeness (QED) is 0.754. The van der Waals surface area contributed by atoms with E-state index in [-0.39, 0.29) is 11.6 Å².